The van der Waals surface area contributed by atoms with Gasteiger partial charge in [0.15, 0.2) is 0 Å². The predicted octanol–water partition coefficient (Wildman–Crippen LogP) is -3.78. The van der Waals surface area contributed by atoms with Crippen molar-refractivity contribution in [3.63, 3.8) is 0 Å². The number of Topliss-reactive ketones (excluding diaryl/α,β-unsaturated/α-hetero) is 1. The van der Waals surface area contributed by atoms with Crippen molar-refractivity contribution < 1.29 is 40.7 Å². The Morgan fingerprint density at radius 1 is 1.04 bits per heavy atom. The second-order valence-electron chi connectivity index (χ2n) is 5.35. The number of hydrogen-bond donors (Lipinski definition) is 4. The number of primary amides is 1. The van der Waals surface area contributed by atoms with Crippen LogP contribution in [0.1, 0.15) is 46.0 Å². The summed E-state index contributed by atoms with van der Waals surface area (Å²) in [6.07, 6.45) is 3.43. The van der Waals surface area contributed by atoms with Crippen LogP contribution < -0.4 is 41.4 Å². The number of unbranched alkanes of at least 4 members (excludes halogenated alkanes) is 1. The van der Waals surface area contributed by atoms with Gasteiger partial charge in [0, 0.05) is 0 Å². The number of carbonyl (C=O) groups excluding carboxylic acids is 4. The molecule has 0 heterocycles. The molecule has 0 rings (SSSR count). The van der Waals surface area contributed by atoms with Crippen molar-refractivity contribution in [1.82, 2.24) is 14.2 Å². The van der Waals surface area contributed by atoms with E-state index in [0.29, 0.717) is 12.8 Å². The van der Waals surface area contributed by atoms with Gasteiger partial charge in [0.25, 0.3) is 0 Å². The Labute approximate surface area is 153 Å². The van der Waals surface area contributed by atoms with E-state index in [1.165, 1.54) is 0 Å². The normalized spacial score (nSPS) is 13.1. The number of hydrogen-bond acceptors (Lipinski definition) is 5. The van der Waals surface area contributed by atoms with E-state index in [4.69, 9.17) is 5.73 Å². The third-order valence-electron chi connectivity index (χ3n) is 3.29. The van der Waals surface area contributed by atoms with E-state index in [9.17, 15) is 19.2 Å². The molecular weight excluding hydrogens is 427 g/mol. The summed E-state index contributed by atoms with van der Waals surface area (Å²) in [6.45, 7) is 3.53. The van der Waals surface area contributed by atoms with E-state index in [1.54, 1.807) is 0 Å². The second-order valence-corrected chi connectivity index (χ2v) is 7.05. The summed E-state index contributed by atoms with van der Waals surface area (Å²) < 4.78 is 3.06. The molecule has 2 atom stereocenters. The number of carbonyl (C=O) groups is 4. The van der Waals surface area contributed by atoms with Crippen LogP contribution in [0.15, 0.2) is 0 Å². The molecule has 2 unspecified atom stereocenters. The van der Waals surface area contributed by atoms with Crippen molar-refractivity contribution in [3.8, 4) is 0 Å². The fourth-order valence-corrected chi connectivity index (χ4v) is 3.35. The number of ketones is 1. The number of rotatable bonds is 13. The zero-order chi connectivity index (χ0) is 18.5. The first-order valence-electron chi connectivity index (χ1n) is 8.01. The van der Waals surface area contributed by atoms with Crippen LogP contribution >= 0.6 is 0 Å². The Morgan fingerprint density at radius 2 is 1.71 bits per heavy atom. The van der Waals surface area contributed by atoms with E-state index in [2.05, 4.69) is 14.2 Å². The molecule has 0 fully saturated rings. The standard InChI is InChI=1S/C15H28IN4O4/c1-4-6-8-11(14(17)23)19-12(21)9-18-15(24)13(22)10(7-5-2)20-16-3/h10-11,20H,4-9H2,1-3H3,(H2,17,23)(H,18,24)(H,19,21)/q-1. The van der Waals surface area contributed by atoms with Crippen molar-refractivity contribution in [2.45, 2.75) is 58.0 Å². The Bertz CT molecular complexity index is 439. The molecule has 0 spiro atoms. The van der Waals surface area contributed by atoms with Gasteiger partial charge in [-0.15, -0.1) is 0 Å². The van der Waals surface area contributed by atoms with Gasteiger partial charge in [-0.25, -0.2) is 0 Å². The summed E-state index contributed by atoms with van der Waals surface area (Å²) in [7, 11) is 0. The fraction of sp³-hybridized carbons (Fsp3) is 0.733. The monoisotopic (exact) mass is 455 g/mol. The average molecular weight is 455 g/mol. The maximum atomic E-state index is 12.0. The zero-order valence-electron chi connectivity index (χ0n) is 14.5. The summed E-state index contributed by atoms with van der Waals surface area (Å²) in [5.41, 5.74) is 5.24. The van der Waals surface area contributed by atoms with E-state index in [-0.39, 0.29) is 28.0 Å². The molecule has 0 radical (unpaired) electrons. The van der Waals surface area contributed by atoms with Gasteiger partial charge in [-0.1, -0.05) is 6.92 Å². The van der Waals surface area contributed by atoms with Gasteiger partial charge in [-0.05, 0) is 0 Å². The van der Waals surface area contributed by atoms with Crippen LogP contribution in [0.5, 0.6) is 0 Å². The van der Waals surface area contributed by atoms with Gasteiger partial charge < -0.3 is 0 Å². The predicted molar refractivity (Wildman–Crippen MR) is 86.4 cm³/mol. The molecule has 140 valence electrons. The molecule has 0 aromatic carbocycles. The van der Waals surface area contributed by atoms with Crippen LogP contribution in [-0.2, 0) is 19.2 Å². The molecule has 24 heavy (non-hydrogen) atoms. The third-order valence-corrected chi connectivity index (χ3v) is 4.67. The first kappa shape index (κ1) is 22.8. The Morgan fingerprint density at radius 3 is 2.21 bits per heavy atom. The zero-order valence-corrected chi connectivity index (χ0v) is 16.6. The summed E-state index contributed by atoms with van der Waals surface area (Å²) >= 11 is -0.334. The van der Waals surface area contributed by atoms with Crippen LogP contribution in [0.4, 0.5) is 0 Å². The Balaban J connectivity index is 4.43. The van der Waals surface area contributed by atoms with Crippen LogP contribution in [-0.4, -0.2) is 47.1 Å². The van der Waals surface area contributed by atoms with Gasteiger partial charge in [-0.2, -0.15) is 0 Å². The van der Waals surface area contributed by atoms with E-state index < -0.39 is 35.6 Å². The van der Waals surface area contributed by atoms with E-state index in [1.807, 2.05) is 18.8 Å². The molecule has 5 N–H and O–H groups in total. The van der Waals surface area contributed by atoms with Gasteiger partial charge in [0.1, 0.15) is 0 Å². The quantitative estimate of drug-likeness (QED) is 0.0981. The van der Waals surface area contributed by atoms with Crippen molar-refractivity contribution >= 4 is 23.5 Å². The number of nitrogens with two attached hydrogens (primary N) is 1. The topological polar surface area (TPSA) is 130 Å². The SMILES string of the molecule is CCCCC(NC(=O)CNC(=O)C(=O)C(CCC)N[I-]C)C(N)=O. The van der Waals surface area contributed by atoms with E-state index >= 15 is 0 Å². The number of amides is 3. The Kier molecular flexibility index (Phi) is 12.4. The molecule has 9 heteroatoms. The van der Waals surface area contributed by atoms with Gasteiger partial charge in [0.05, 0.1) is 0 Å². The second kappa shape index (κ2) is 13.1. The van der Waals surface area contributed by atoms with Gasteiger partial charge in [-0.3, -0.25) is 0 Å². The molecule has 0 saturated carbocycles. The van der Waals surface area contributed by atoms with Crippen LogP contribution in [0.2, 0.25) is 0 Å². The van der Waals surface area contributed by atoms with Crippen LogP contribution in [0.25, 0.3) is 0 Å². The molecule has 0 aliphatic carbocycles. The van der Waals surface area contributed by atoms with Gasteiger partial charge >= 0.3 is 147 Å². The molecule has 0 aromatic heterocycles. The Hall–Kier alpha value is -1.23. The van der Waals surface area contributed by atoms with Crippen molar-refractivity contribution in [1.29, 1.82) is 0 Å². The average Bonchev–Trinajstić information content (AvgIpc) is 2.55. The summed E-state index contributed by atoms with van der Waals surface area (Å²) in [4.78, 5) is 49.0. The minimum absolute atomic E-state index is 0.334. The summed E-state index contributed by atoms with van der Waals surface area (Å²) in [5.74, 6) is -2.52. The third kappa shape index (κ3) is 9.16. The van der Waals surface area contributed by atoms with Crippen LogP contribution in [0, 0.1) is 0 Å². The molecule has 0 aliphatic rings. The van der Waals surface area contributed by atoms with Crippen molar-refractivity contribution in [2.24, 2.45) is 5.73 Å². The molecule has 0 aliphatic heterocycles. The maximum absolute atomic E-state index is 12.0. The molecule has 3 amide bonds. The molecular formula is C15H28IN4O4-. The molecule has 0 bridgehead atoms. The summed E-state index contributed by atoms with van der Waals surface area (Å²) in [6, 6.07) is -1.26. The number of halogens is 1. The van der Waals surface area contributed by atoms with Crippen molar-refractivity contribution in [3.05, 3.63) is 0 Å². The molecule has 8 nitrogen and oxygen atoms in total. The number of alkyl halides is 1. The fourth-order valence-electron chi connectivity index (χ4n) is 2.00. The summed E-state index contributed by atoms with van der Waals surface area (Å²) in [5, 5.41) is 4.77. The first-order valence-corrected chi connectivity index (χ1v) is 11.3. The minimum atomic E-state index is -0.794. The van der Waals surface area contributed by atoms with Gasteiger partial charge in [0.2, 0.25) is 0 Å². The molecule has 0 aromatic rings. The van der Waals surface area contributed by atoms with E-state index in [0.717, 1.165) is 19.3 Å². The van der Waals surface area contributed by atoms with Crippen molar-refractivity contribution in [2.75, 3.05) is 11.5 Å². The first-order chi connectivity index (χ1) is 11.4. The van der Waals surface area contributed by atoms with Crippen LogP contribution in [0.3, 0.4) is 0 Å². The number of nitrogens with one attached hydrogen (secondary N) is 3. The molecule has 0 saturated heterocycles.